The number of aryl methyl sites for hydroxylation is 2. The number of hydrogen-bond acceptors (Lipinski definition) is 3. The normalized spacial score (nSPS) is 9.72. The van der Waals surface area contributed by atoms with Crippen molar-refractivity contribution in [2.75, 3.05) is 0 Å². The molecule has 0 saturated heterocycles. The van der Waals surface area contributed by atoms with Gasteiger partial charge in [-0.2, -0.15) is 0 Å². The fourth-order valence-electron chi connectivity index (χ4n) is 3.35. The lowest BCUT2D eigenvalue weighted by Gasteiger charge is -2.16. The van der Waals surface area contributed by atoms with E-state index in [0.29, 0.717) is 6.54 Å². The maximum atomic E-state index is 8.70. The summed E-state index contributed by atoms with van der Waals surface area (Å²) in [7, 11) is -5.74. The molecule has 3 rings (SSSR count). The summed E-state index contributed by atoms with van der Waals surface area (Å²) in [4.78, 5) is 28.5. The van der Waals surface area contributed by atoms with Crippen LogP contribution >= 0.6 is 16.5 Å². The summed E-state index contributed by atoms with van der Waals surface area (Å²) >= 11 is 0. The summed E-state index contributed by atoms with van der Waals surface area (Å²) in [6.07, 6.45) is 2.05. The number of nitrogens with two attached hydrogens (primary N) is 1. The summed E-state index contributed by atoms with van der Waals surface area (Å²) in [6.45, 7) is 5.04. The van der Waals surface area contributed by atoms with Crippen LogP contribution in [0.2, 0.25) is 0 Å². The van der Waals surface area contributed by atoms with Gasteiger partial charge in [-0.05, 0) is 51.8 Å². The molecule has 0 spiro atoms. The summed E-state index contributed by atoms with van der Waals surface area (Å²) in [5, 5.41) is 0. The molecule has 0 fully saturated rings. The van der Waals surface area contributed by atoms with Crippen molar-refractivity contribution in [2.45, 2.75) is 33.2 Å². The molecule has 32 heavy (non-hydrogen) atoms. The van der Waals surface area contributed by atoms with Crippen LogP contribution in [0.25, 0.3) is 22.3 Å². The van der Waals surface area contributed by atoms with E-state index < -0.39 is 16.5 Å². The van der Waals surface area contributed by atoms with E-state index in [-0.39, 0.29) is 0 Å². The first-order valence-electron chi connectivity index (χ1n) is 9.94. The van der Waals surface area contributed by atoms with E-state index in [0.717, 1.165) is 12.8 Å². The molecule has 0 atom stereocenters. The van der Waals surface area contributed by atoms with Gasteiger partial charge < -0.3 is 5.73 Å². The minimum atomic E-state index is -2.87. The minimum absolute atomic E-state index is 0.604. The highest BCUT2D eigenvalue weighted by Crippen LogP contribution is 2.32. The second-order valence-electron chi connectivity index (χ2n) is 6.65. The highest BCUT2D eigenvalue weighted by atomic mass is 31.1. The number of rotatable bonds is 5. The zero-order valence-electron chi connectivity index (χ0n) is 18.0. The van der Waals surface area contributed by atoms with Gasteiger partial charge in [-0.1, -0.05) is 80.6 Å². The molecule has 7 nitrogen and oxygen atoms in total. The van der Waals surface area contributed by atoms with Crippen LogP contribution < -0.4 is 5.73 Å². The summed E-state index contributed by atoms with van der Waals surface area (Å²) in [5.41, 5.74) is 15.1. The second kappa shape index (κ2) is 14.7. The smallest absolute Gasteiger partial charge is 0.326 e. The quantitative estimate of drug-likeness (QED) is 0.331. The van der Waals surface area contributed by atoms with Gasteiger partial charge in [-0.3, -0.25) is 0 Å². The molecular formula is C23H29NO6P2+2. The molecule has 3 aromatic carbocycles. The number of benzene rings is 3. The predicted octanol–water partition coefficient (Wildman–Crippen LogP) is 4.86. The summed E-state index contributed by atoms with van der Waals surface area (Å²) in [5.74, 6) is 0. The van der Waals surface area contributed by atoms with Crippen LogP contribution in [0.1, 0.15) is 30.5 Å². The zero-order chi connectivity index (χ0) is 24.1. The zero-order valence-corrected chi connectivity index (χ0v) is 19.8. The van der Waals surface area contributed by atoms with Crippen molar-refractivity contribution in [1.29, 1.82) is 0 Å². The first-order valence-corrected chi connectivity index (χ1v) is 12.3. The van der Waals surface area contributed by atoms with Gasteiger partial charge in [0.2, 0.25) is 0 Å². The van der Waals surface area contributed by atoms with Crippen molar-refractivity contribution in [3.63, 3.8) is 0 Å². The van der Waals surface area contributed by atoms with Gasteiger partial charge in [-0.15, -0.1) is 19.6 Å². The molecular weight excluding hydrogens is 448 g/mol. The third kappa shape index (κ3) is 9.43. The van der Waals surface area contributed by atoms with E-state index >= 15 is 0 Å². The van der Waals surface area contributed by atoms with Gasteiger partial charge in [0.25, 0.3) is 0 Å². The standard InChI is InChI=1S/C23H25N.2HO3P/c1-3-18-14-17(16-24)15-19(4-2)23(18)22-12-10-21(11-13-22)20-8-6-5-7-9-20;2*1-4(2)3/h5-15H,3-4,16,24H2,1-2H3;2*(H-,1,2,3)/p+2. The van der Waals surface area contributed by atoms with Crippen molar-refractivity contribution in [1.82, 2.24) is 0 Å². The Kier molecular flexibility index (Phi) is 12.7. The van der Waals surface area contributed by atoms with Crippen LogP contribution in [-0.4, -0.2) is 19.6 Å². The fourth-order valence-corrected chi connectivity index (χ4v) is 3.35. The fraction of sp³-hybridized carbons (Fsp3) is 0.217. The lowest BCUT2D eigenvalue weighted by molar-refractivity contribution is 0.403. The lowest BCUT2D eigenvalue weighted by atomic mass is 9.89. The Hall–Kier alpha value is -2.34. The van der Waals surface area contributed by atoms with Crippen molar-refractivity contribution >= 4 is 16.5 Å². The molecule has 3 aromatic rings. The first kappa shape index (κ1) is 27.7. The van der Waals surface area contributed by atoms with Gasteiger partial charge in [0, 0.05) is 15.7 Å². The Bertz CT molecular complexity index is 966. The minimum Gasteiger partial charge on any atom is -0.326 e. The van der Waals surface area contributed by atoms with Gasteiger partial charge >= 0.3 is 16.5 Å². The van der Waals surface area contributed by atoms with Crippen molar-refractivity contribution in [3.8, 4) is 22.3 Å². The van der Waals surface area contributed by atoms with E-state index in [1.807, 2.05) is 0 Å². The van der Waals surface area contributed by atoms with Gasteiger partial charge in [0.05, 0.1) is 0 Å². The van der Waals surface area contributed by atoms with Crippen LogP contribution in [0.4, 0.5) is 0 Å². The Morgan fingerprint density at radius 2 is 1.06 bits per heavy atom. The highest BCUT2D eigenvalue weighted by molar-refractivity contribution is 7.31. The third-order valence-electron chi connectivity index (χ3n) is 4.64. The molecule has 0 aromatic heterocycles. The van der Waals surface area contributed by atoms with Crippen molar-refractivity contribution in [2.24, 2.45) is 5.73 Å². The molecule has 0 radical (unpaired) electrons. The van der Waals surface area contributed by atoms with Gasteiger partial charge in [0.15, 0.2) is 0 Å². The number of hydrogen-bond donors (Lipinski definition) is 5. The van der Waals surface area contributed by atoms with E-state index in [2.05, 4.69) is 80.6 Å². The van der Waals surface area contributed by atoms with Crippen LogP contribution in [0.5, 0.6) is 0 Å². The average Bonchev–Trinajstić information content (AvgIpc) is 2.78. The topological polar surface area (TPSA) is 141 Å². The molecule has 9 heteroatoms. The van der Waals surface area contributed by atoms with Crippen molar-refractivity contribution < 1.29 is 28.7 Å². The molecule has 0 heterocycles. The maximum Gasteiger partial charge on any atom is 0.692 e. The lowest BCUT2D eigenvalue weighted by Crippen LogP contribution is -2.02. The molecule has 0 aliphatic rings. The van der Waals surface area contributed by atoms with E-state index in [1.165, 1.54) is 38.9 Å². The molecule has 6 N–H and O–H groups in total. The summed E-state index contributed by atoms with van der Waals surface area (Å²) in [6, 6.07) is 24.0. The molecule has 0 aliphatic heterocycles. The van der Waals surface area contributed by atoms with Crippen LogP contribution in [-0.2, 0) is 28.5 Å². The van der Waals surface area contributed by atoms with E-state index in [9.17, 15) is 0 Å². The first-order chi connectivity index (χ1) is 15.2. The molecule has 0 aliphatic carbocycles. The molecule has 0 bridgehead atoms. The molecule has 170 valence electrons. The summed E-state index contributed by atoms with van der Waals surface area (Å²) < 4.78 is 17.4. The monoisotopic (exact) mass is 477 g/mol. The van der Waals surface area contributed by atoms with Crippen molar-refractivity contribution in [3.05, 3.63) is 83.4 Å². The third-order valence-corrected chi connectivity index (χ3v) is 4.64. The maximum absolute atomic E-state index is 8.70. The predicted molar refractivity (Wildman–Crippen MR) is 128 cm³/mol. The van der Waals surface area contributed by atoms with E-state index in [1.54, 1.807) is 0 Å². The Morgan fingerprint density at radius 3 is 1.44 bits per heavy atom. The Labute approximate surface area is 190 Å². The van der Waals surface area contributed by atoms with Gasteiger partial charge in [0.1, 0.15) is 0 Å². The second-order valence-corrected chi connectivity index (χ2v) is 7.66. The largest absolute Gasteiger partial charge is 0.692 e. The Morgan fingerprint density at radius 1 is 0.688 bits per heavy atom. The average molecular weight is 477 g/mol. The van der Waals surface area contributed by atoms with Crippen LogP contribution in [0.3, 0.4) is 0 Å². The molecule has 0 amide bonds. The Balaban J connectivity index is 0.000000554. The molecule has 0 saturated carbocycles. The van der Waals surface area contributed by atoms with Crippen LogP contribution in [0.15, 0.2) is 66.7 Å². The SMILES string of the molecule is CCc1cc(CN)cc(CC)c1-c1ccc(-c2ccccc2)cc1.O=[P+](O)O.O=[P+](O)O. The van der Waals surface area contributed by atoms with E-state index in [4.69, 9.17) is 34.4 Å². The highest BCUT2D eigenvalue weighted by Gasteiger charge is 2.11. The molecule has 0 unspecified atom stereocenters. The van der Waals surface area contributed by atoms with Gasteiger partial charge in [-0.25, -0.2) is 0 Å². The van der Waals surface area contributed by atoms with Crippen LogP contribution in [0, 0.1) is 0 Å².